The van der Waals surface area contributed by atoms with Crippen LogP contribution >= 0.6 is 0 Å². The number of rotatable bonds is 4. The first-order valence-electron chi connectivity index (χ1n) is 6.84. The van der Waals surface area contributed by atoms with Crippen molar-refractivity contribution in [3.63, 3.8) is 0 Å². The number of benzene rings is 1. The van der Waals surface area contributed by atoms with Gasteiger partial charge in [-0.15, -0.1) is 0 Å². The maximum atomic E-state index is 11.7. The van der Waals surface area contributed by atoms with E-state index in [1.54, 1.807) is 0 Å². The molecule has 0 N–H and O–H groups in total. The van der Waals surface area contributed by atoms with Crippen LogP contribution in [-0.4, -0.2) is 5.78 Å². The molecule has 1 nitrogen and oxygen atoms in total. The predicted molar refractivity (Wildman–Crippen MR) is 73.2 cm³/mol. The van der Waals surface area contributed by atoms with Gasteiger partial charge >= 0.3 is 0 Å². The van der Waals surface area contributed by atoms with Crippen molar-refractivity contribution in [1.82, 2.24) is 0 Å². The Bertz CT molecular complexity index is 333. The Labute approximate surface area is 105 Å². The molecule has 2 rings (SSSR count). The molecule has 0 aromatic heterocycles. The lowest BCUT2D eigenvalue weighted by Crippen LogP contribution is -2.22. The third kappa shape index (κ3) is 4.33. The van der Waals surface area contributed by atoms with Gasteiger partial charge in [0.25, 0.3) is 0 Å². The summed E-state index contributed by atoms with van der Waals surface area (Å²) in [6.45, 7) is 6.09. The van der Waals surface area contributed by atoms with Crippen molar-refractivity contribution in [2.24, 2.45) is 5.92 Å². The Kier molecular flexibility index (Phi) is 5.96. The normalized spacial score (nSPS) is 14.5. The van der Waals surface area contributed by atoms with Gasteiger partial charge in [-0.3, -0.25) is 4.79 Å². The number of aryl methyl sites for hydroxylation is 2. The lowest BCUT2D eigenvalue weighted by Gasteiger charge is -2.23. The fourth-order valence-electron chi connectivity index (χ4n) is 1.96. The van der Waals surface area contributed by atoms with Gasteiger partial charge in [-0.2, -0.15) is 0 Å². The van der Waals surface area contributed by atoms with Gasteiger partial charge in [-0.1, -0.05) is 50.1 Å². The fraction of sp³-hybridized carbons (Fsp3) is 0.562. The molecule has 0 spiro atoms. The first kappa shape index (κ1) is 14.0. The van der Waals surface area contributed by atoms with E-state index in [0.29, 0.717) is 11.7 Å². The first-order chi connectivity index (χ1) is 8.25. The van der Waals surface area contributed by atoms with E-state index in [-0.39, 0.29) is 0 Å². The molecule has 0 bridgehead atoms. The van der Waals surface area contributed by atoms with Gasteiger partial charge in [0.05, 0.1) is 0 Å². The minimum Gasteiger partial charge on any atom is -0.299 e. The lowest BCUT2D eigenvalue weighted by atomic mass is 9.80. The van der Waals surface area contributed by atoms with Gasteiger partial charge in [0, 0.05) is 12.3 Å². The van der Waals surface area contributed by atoms with Gasteiger partial charge in [-0.25, -0.2) is 0 Å². The molecular weight excluding hydrogens is 208 g/mol. The van der Waals surface area contributed by atoms with Crippen LogP contribution in [0.25, 0.3) is 0 Å². The van der Waals surface area contributed by atoms with Crippen LogP contribution in [-0.2, 0) is 11.2 Å². The molecule has 1 aromatic carbocycles. The molecule has 1 fully saturated rings. The molecule has 1 aliphatic carbocycles. The smallest absolute Gasteiger partial charge is 0.136 e. The van der Waals surface area contributed by atoms with Crippen LogP contribution in [0, 0.1) is 12.8 Å². The zero-order valence-electron chi connectivity index (χ0n) is 11.3. The summed E-state index contributed by atoms with van der Waals surface area (Å²) >= 11 is 0. The standard InChI is InChI=1S/C14H18O.C2H6/c1-11-5-7-12(8-6-11)9-10-14(15)13-3-2-4-13;1-2/h5-8,13H,2-4,9-10H2,1H3;1-2H3. The Morgan fingerprint density at radius 1 is 1.18 bits per heavy atom. The van der Waals surface area contributed by atoms with E-state index in [1.807, 2.05) is 13.8 Å². The summed E-state index contributed by atoms with van der Waals surface area (Å²) in [4.78, 5) is 11.7. The summed E-state index contributed by atoms with van der Waals surface area (Å²) in [5.74, 6) is 0.872. The number of hydrogen-bond donors (Lipinski definition) is 0. The van der Waals surface area contributed by atoms with Crippen molar-refractivity contribution in [1.29, 1.82) is 0 Å². The average Bonchev–Trinajstić information content (AvgIpc) is 2.29. The third-order valence-corrected chi connectivity index (χ3v) is 3.34. The van der Waals surface area contributed by atoms with Crippen molar-refractivity contribution in [3.05, 3.63) is 35.4 Å². The van der Waals surface area contributed by atoms with Gasteiger partial charge in [0.1, 0.15) is 5.78 Å². The molecule has 0 atom stereocenters. The second-order valence-corrected chi connectivity index (χ2v) is 4.58. The molecule has 94 valence electrons. The predicted octanol–water partition coefficient (Wildman–Crippen LogP) is 4.32. The van der Waals surface area contributed by atoms with Gasteiger partial charge in [-0.05, 0) is 31.7 Å². The largest absolute Gasteiger partial charge is 0.299 e. The monoisotopic (exact) mass is 232 g/mol. The van der Waals surface area contributed by atoms with E-state index in [4.69, 9.17) is 0 Å². The van der Waals surface area contributed by atoms with E-state index < -0.39 is 0 Å². The average molecular weight is 232 g/mol. The SMILES string of the molecule is CC.Cc1ccc(CCC(=O)C2CCC2)cc1. The van der Waals surface area contributed by atoms with E-state index >= 15 is 0 Å². The summed E-state index contributed by atoms with van der Waals surface area (Å²) in [6.07, 6.45) is 5.16. The van der Waals surface area contributed by atoms with Crippen LogP contribution in [0.15, 0.2) is 24.3 Å². The fourth-order valence-corrected chi connectivity index (χ4v) is 1.96. The highest BCUT2D eigenvalue weighted by Gasteiger charge is 2.24. The van der Waals surface area contributed by atoms with Crippen molar-refractivity contribution < 1.29 is 4.79 Å². The minimum absolute atomic E-state index is 0.399. The maximum absolute atomic E-state index is 11.7. The summed E-state index contributed by atoms with van der Waals surface area (Å²) in [6, 6.07) is 8.49. The molecule has 1 aliphatic rings. The molecule has 1 heteroatoms. The molecule has 0 heterocycles. The summed E-state index contributed by atoms with van der Waals surface area (Å²) in [5, 5.41) is 0. The number of ketones is 1. The van der Waals surface area contributed by atoms with Crippen LogP contribution < -0.4 is 0 Å². The van der Waals surface area contributed by atoms with Crippen LogP contribution in [0.5, 0.6) is 0 Å². The zero-order valence-corrected chi connectivity index (χ0v) is 11.3. The molecule has 17 heavy (non-hydrogen) atoms. The van der Waals surface area contributed by atoms with Crippen LogP contribution in [0.3, 0.4) is 0 Å². The Hall–Kier alpha value is -1.11. The van der Waals surface area contributed by atoms with Crippen LogP contribution in [0.2, 0.25) is 0 Å². The topological polar surface area (TPSA) is 17.1 Å². The molecule has 1 saturated carbocycles. The molecule has 0 saturated heterocycles. The second-order valence-electron chi connectivity index (χ2n) is 4.58. The third-order valence-electron chi connectivity index (χ3n) is 3.34. The minimum atomic E-state index is 0.399. The van der Waals surface area contributed by atoms with Crippen molar-refractivity contribution in [3.8, 4) is 0 Å². The Balaban J connectivity index is 0.000000686. The van der Waals surface area contributed by atoms with E-state index in [0.717, 1.165) is 25.7 Å². The molecular formula is C16H24O. The second kappa shape index (κ2) is 7.26. The number of Topliss-reactive ketones (excluding diaryl/α,β-unsaturated/α-hetero) is 1. The first-order valence-corrected chi connectivity index (χ1v) is 6.84. The lowest BCUT2D eigenvalue weighted by molar-refractivity contribution is -0.125. The highest BCUT2D eigenvalue weighted by atomic mass is 16.1. The Morgan fingerprint density at radius 2 is 1.76 bits per heavy atom. The quantitative estimate of drug-likeness (QED) is 0.755. The van der Waals surface area contributed by atoms with Crippen LogP contribution in [0.4, 0.5) is 0 Å². The van der Waals surface area contributed by atoms with Crippen molar-refractivity contribution in [2.75, 3.05) is 0 Å². The van der Waals surface area contributed by atoms with Crippen molar-refractivity contribution in [2.45, 2.75) is 52.9 Å². The number of hydrogen-bond acceptors (Lipinski definition) is 1. The number of carbonyl (C=O) groups is 1. The van der Waals surface area contributed by atoms with E-state index in [9.17, 15) is 4.79 Å². The molecule has 0 radical (unpaired) electrons. The van der Waals surface area contributed by atoms with E-state index in [1.165, 1.54) is 17.5 Å². The summed E-state index contributed by atoms with van der Waals surface area (Å²) in [7, 11) is 0. The van der Waals surface area contributed by atoms with E-state index in [2.05, 4.69) is 31.2 Å². The molecule has 0 amide bonds. The summed E-state index contributed by atoms with van der Waals surface area (Å²) in [5.41, 5.74) is 2.57. The highest BCUT2D eigenvalue weighted by Crippen LogP contribution is 2.28. The van der Waals surface area contributed by atoms with Gasteiger partial charge in [0.15, 0.2) is 0 Å². The zero-order chi connectivity index (χ0) is 12.7. The molecule has 0 unspecified atom stereocenters. The molecule has 0 aliphatic heterocycles. The molecule has 1 aromatic rings. The maximum Gasteiger partial charge on any atom is 0.136 e. The van der Waals surface area contributed by atoms with Crippen molar-refractivity contribution >= 4 is 5.78 Å². The Morgan fingerprint density at radius 3 is 2.24 bits per heavy atom. The highest BCUT2D eigenvalue weighted by molar-refractivity contribution is 5.81. The number of carbonyl (C=O) groups excluding carboxylic acids is 1. The van der Waals surface area contributed by atoms with Crippen LogP contribution in [0.1, 0.15) is 50.7 Å². The van der Waals surface area contributed by atoms with Gasteiger partial charge < -0.3 is 0 Å². The summed E-state index contributed by atoms with van der Waals surface area (Å²) < 4.78 is 0. The van der Waals surface area contributed by atoms with Gasteiger partial charge in [0.2, 0.25) is 0 Å².